The van der Waals surface area contributed by atoms with Crippen LogP contribution in [-0.4, -0.2) is 17.5 Å². The average Bonchev–Trinajstić information content (AvgIpc) is 1.85. The highest BCUT2D eigenvalue weighted by Gasteiger charge is 2.41. The Morgan fingerprint density at radius 1 is 1.08 bits per heavy atom. The normalized spacial score (nSPS) is 16.2. The van der Waals surface area contributed by atoms with Crippen molar-refractivity contribution in [2.45, 2.75) is 37.3 Å². The van der Waals surface area contributed by atoms with Gasteiger partial charge in [0, 0.05) is 6.04 Å². The number of hydrogen-bond acceptors (Lipinski definition) is 6. The number of nitrogens with two attached hydrogens (primary N) is 6. The minimum atomic E-state index is -1.65. The first kappa shape index (κ1) is 11.8. The standard InChI is InChI=1S/C6H20N6/c1-2-3-4(7)5(8,9)6(10,11)12/h4H,2-3,7-12H2,1H3. The third-order valence-corrected chi connectivity index (χ3v) is 1.96. The van der Waals surface area contributed by atoms with Gasteiger partial charge in [0.15, 0.2) is 0 Å². The summed E-state index contributed by atoms with van der Waals surface area (Å²) in [4.78, 5) is 0. The molecule has 0 heterocycles. The van der Waals surface area contributed by atoms with E-state index in [0.29, 0.717) is 6.42 Å². The lowest BCUT2D eigenvalue weighted by Gasteiger charge is -2.41. The van der Waals surface area contributed by atoms with E-state index < -0.39 is 17.5 Å². The van der Waals surface area contributed by atoms with Gasteiger partial charge in [0.1, 0.15) is 11.4 Å². The molecule has 12 N–H and O–H groups in total. The summed E-state index contributed by atoms with van der Waals surface area (Å²) in [5.74, 6) is -1.65. The molecule has 0 rings (SSSR count). The van der Waals surface area contributed by atoms with Crippen molar-refractivity contribution in [3.05, 3.63) is 0 Å². The molecule has 6 heteroatoms. The van der Waals surface area contributed by atoms with Crippen molar-refractivity contribution in [2.75, 3.05) is 0 Å². The second-order valence-electron chi connectivity index (χ2n) is 3.26. The summed E-state index contributed by atoms with van der Waals surface area (Å²) in [5.41, 5.74) is 31.5. The van der Waals surface area contributed by atoms with Crippen LogP contribution in [0.5, 0.6) is 0 Å². The smallest absolute Gasteiger partial charge is 0.149 e. The average molecular weight is 176 g/mol. The first-order valence-electron chi connectivity index (χ1n) is 3.93. The first-order chi connectivity index (χ1) is 5.23. The van der Waals surface area contributed by atoms with Crippen LogP contribution in [0.2, 0.25) is 0 Å². The predicted molar refractivity (Wildman–Crippen MR) is 49.3 cm³/mol. The summed E-state index contributed by atoms with van der Waals surface area (Å²) in [7, 11) is 0. The fourth-order valence-corrected chi connectivity index (χ4v) is 0.871. The van der Waals surface area contributed by atoms with E-state index in [9.17, 15) is 0 Å². The fourth-order valence-electron chi connectivity index (χ4n) is 0.871. The van der Waals surface area contributed by atoms with Crippen molar-refractivity contribution >= 4 is 0 Å². The lowest BCUT2D eigenvalue weighted by Crippen LogP contribution is -2.85. The van der Waals surface area contributed by atoms with Crippen LogP contribution in [0.25, 0.3) is 0 Å². The van der Waals surface area contributed by atoms with E-state index in [1.54, 1.807) is 0 Å². The van der Waals surface area contributed by atoms with Gasteiger partial charge >= 0.3 is 0 Å². The van der Waals surface area contributed by atoms with Gasteiger partial charge in [-0.3, -0.25) is 17.2 Å². The number of rotatable bonds is 4. The van der Waals surface area contributed by atoms with E-state index in [1.807, 2.05) is 6.92 Å². The fraction of sp³-hybridized carbons (Fsp3) is 1.00. The molecule has 0 saturated carbocycles. The van der Waals surface area contributed by atoms with E-state index in [4.69, 9.17) is 34.4 Å². The Labute approximate surface area is 72.6 Å². The van der Waals surface area contributed by atoms with Crippen molar-refractivity contribution < 1.29 is 0 Å². The van der Waals surface area contributed by atoms with Crippen molar-refractivity contribution in [1.29, 1.82) is 0 Å². The molecule has 0 aliphatic heterocycles. The van der Waals surface area contributed by atoms with Crippen LogP contribution in [0.15, 0.2) is 0 Å². The van der Waals surface area contributed by atoms with E-state index >= 15 is 0 Å². The molecule has 0 amide bonds. The molecule has 0 aromatic heterocycles. The Kier molecular flexibility index (Phi) is 3.58. The Hall–Kier alpha value is -0.240. The topological polar surface area (TPSA) is 156 Å². The summed E-state index contributed by atoms with van der Waals surface area (Å²) < 4.78 is 0. The first-order valence-corrected chi connectivity index (χ1v) is 3.93. The van der Waals surface area contributed by atoms with Crippen LogP contribution in [0, 0.1) is 0 Å². The summed E-state index contributed by atoms with van der Waals surface area (Å²) in [5, 5.41) is 0. The summed E-state index contributed by atoms with van der Waals surface area (Å²) >= 11 is 0. The molecule has 0 saturated heterocycles. The van der Waals surface area contributed by atoms with Crippen LogP contribution in [0.4, 0.5) is 0 Å². The largest absolute Gasteiger partial charge is 0.325 e. The van der Waals surface area contributed by atoms with Gasteiger partial charge in [0.2, 0.25) is 0 Å². The molecule has 0 aromatic carbocycles. The molecular weight excluding hydrogens is 156 g/mol. The molecule has 0 bridgehead atoms. The monoisotopic (exact) mass is 176 g/mol. The van der Waals surface area contributed by atoms with Crippen LogP contribution in [0.1, 0.15) is 19.8 Å². The molecule has 0 spiro atoms. The molecule has 0 aliphatic rings. The van der Waals surface area contributed by atoms with Gasteiger partial charge in [-0.2, -0.15) is 0 Å². The highest BCUT2D eigenvalue weighted by Crippen LogP contribution is 2.08. The third kappa shape index (κ3) is 2.37. The lowest BCUT2D eigenvalue weighted by molar-refractivity contribution is 0.189. The van der Waals surface area contributed by atoms with E-state index in [1.165, 1.54) is 0 Å². The minimum Gasteiger partial charge on any atom is -0.325 e. The maximum Gasteiger partial charge on any atom is 0.149 e. The molecule has 1 unspecified atom stereocenters. The van der Waals surface area contributed by atoms with Gasteiger partial charge in [-0.05, 0) is 6.42 Å². The summed E-state index contributed by atoms with van der Waals surface area (Å²) in [6.07, 6.45) is 1.49. The molecule has 12 heavy (non-hydrogen) atoms. The van der Waals surface area contributed by atoms with Gasteiger partial charge < -0.3 is 17.2 Å². The highest BCUT2D eigenvalue weighted by molar-refractivity contribution is 5.01. The van der Waals surface area contributed by atoms with Gasteiger partial charge in [-0.1, -0.05) is 13.3 Å². The summed E-state index contributed by atoms with van der Waals surface area (Å²) in [6.45, 7) is 1.96. The highest BCUT2D eigenvalue weighted by atomic mass is 15.3. The molecule has 74 valence electrons. The molecule has 6 nitrogen and oxygen atoms in total. The van der Waals surface area contributed by atoms with Crippen molar-refractivity contribution in [3.8, 4) is 0 Å². The van der Waals surface area contributed by atoms with E-state index in [0.717, 1.165) is 6.42 Å². The van der Waals surface area contributed by atoms with Crippen LogP contribution in [-0.2, 0) is 0 Å². The van der Waals surface area contributed by atoms with Gasteiger partial charge in [0.05, 0.1) is 0 Å². The third-order valence-electron chi connectivity index (χ3n) is 1.96. The van der Waals surface area contributed by atoms with Gasteiger partial charge in [-0.25, -0.2) is 0 Å². The Morgan fingerprint density at radius 2 is 1.50 bits per heavy atom. The summed E-state index contributed by atoms with van der Waals surface area (Å²) in [6, 6.07) is -0.498. The zero-order valence-electron chi connectivity index (χ0n) is 7.46. The maximum absolute atomic E-state index is 5.66. The number of hydrogen-bond donors (Lipinski definition) is 6. The van der Waals surface area contributed by atoms with Gasteiger partial charge in [-0.15, -0.1) is 0 Å². The lowest BCUT2D eigenvalue weighted by atomic mass is 9.92. The zero-order chi connectivity index (χ0) is 9.99. The zero-order valence-corrected chi connectivity index (χ0v) is 7.46. The van der Waals surface area contributed by atoms with Crippen LogP contribution in [0.3, 0.4) is 0 Å². The quantitative estimate of drug-likeness (QED) is 0.255. The van der Waals surface area contributed by atoms with Crippen molar-refractivity contribution in [1.82, 2.24) is 0 Å². The molecule has 0 radical (unpaired) electrons. The van der Waals surface area contributed by atoms with Crippen LogP contribution >= 0.6 is 0 Å². The Bertz CT molecular complexity index is 137. The second kappa shape index (κ2) is 3.65. The van der Waals surface area contributed by atoms with E-state index in [2.05, 4.69) is 0 Å². The SMILES string of the molecule is CCCC(N)C(N)(N)C(N)(N)N. The molecular formula is C6H20N6. The van der Waals surface area contributed by atoms with Crippen molar-refractivity contribution in [3.63, 3.8) is 0 Å². The van der Waals surface area contributed by atoms with Gasteiger partial charge in [0.25, 0.3) is 0 Å². The maximum atomic E-state index is 5.66. The van der Waals surface area contributed by atoms with E-state index in [-0.39, 0.29) is 0 Å². The molecule has 0 aliphatic carbocycles. The molecule has 1 atom stereocenters. The predicted octanol–water partition coefficient (Wildman–Crippen LogP) is -2.74. The molecule has 0 fully saturated rings. The molecule has 0 aromatic rings. The van der Waals surface area contributed by atoms with Crippen LogP contribution < -0.4 is 34.4 Å². The second-order valence-corrected chi connectivity index (χ2v) is 3.26. The minimum absolute atomic E-state index is 0.498. The van der Waals surface area contributed by atoms with Crippen molar-refractivity contribution in [2.24, 2.45) is 34.4 Å². The Balaban J connectivity index is 4.38. The Morgan fingerprint density at radius 3 is 1.75 bits per heavy atom.